The van der Waals surface area contributed by atoms with E-state index in [4.69, 9.17) is 0 Å². The Labute approximate surface area is 48.3 Å². The maximum Gasteiger partial charge on any atom is 0.222 e. The summed E-state index contributed by atoms with van der Waals surface area (Å²) < 4.78 is 0. The molecule has 0 aromatic carbocycles. The Balaban J connectivity index is 3.60. The van der Waals surface area contributed by atoms with Crippen LogP contribution in [0.1, 0.15) is 6.92 Å². The van der Waals surface area contributed by atoms with Gasteiger partial charge in [0.15, 0.2) is 0 Å². The molecule has 0 fully saturated rings. The van der Waals surface area contributed by atoms with Crippen molar-refractivity contribution in [1.82, 2.24) is 4.90 Å². The summed E-state index contributed by atoms with van der Waals surface area (Å²) in [6, 6.07) is -0.424. The number of nitrogens with zero attached hydrogens (tertiary/aromatic N) is 1. The van der Waals surface area contributed by atoms with Gasteiger partial charge in [0.1, 0.15) is 0 Å². The largest absolute Gasteiger partial charge is 0.338 e. The molecule has 0 rings (SSSR count). The zero-order valence-electron chi connectivity index (χ0n) is 4.92. The zero-order chi connectivity index (χ0) is 6.57. The van der Waals surface area contributed by atoms with E-state index in [9.17, 15) is 9.59 Å². The molecule has 3 nitrogen and oxygen atoms in total. The van der Waals surface area contributed by atoms with E-state index < -0.39 is 6.04 Å². The Morgan fingerprint density at radius 1 is 1.75 bits per heavy atom. The van der Waals surface area contributed by atoms with Crippen LogP contribution in [-0.2, 0) is 9.59 Å². The van der Waals surface area contributed by atoms with Crippen molar-refractivity contribution in [3.05, 3.63) is 0 Å². The SMILES string of the molecule is CC([C]=O)N(C)C=O. The minimum absolute atomic E-state index is 0.424. The van der Waals surface area contributed by atoms with Crippen molar-refractivity contribution < 1.29 is 9.59 Å². The summed E-state index contributed by atoms with van der Waals surface area (Å²) in [5, 5.41) is 0. The van der Waals surface area contributed by atoms with E-state index in [1.54, 1.807) is 13.2 Å². The Morgan fingerprint density at radius 3 is 2.38 bits per heavy atom. The molecule has 45 valence electrons. The van der Waals surface area contributed by atoms with E-state index in [0.29, 0.717) is 6.41 Å². The van der Waals surface area contributed by atoms with Crippen molar-refractivity contribution in [1.29, 1.82) is 0 Å². The van der Waals surface area contributed by atoms with Crippen molar-refractivity contribution in [2.24, 2.45) is 0 Å². The lowest BCUT2D eigenvalue weighted by Gasteiger charge is -2.11. The van der Waals surface area contributed by atoms with Crippen LogP contribution in [0.25, 0.3) is 0 Å². The fraction of sp³-hybridized carbons (Fsp3) is 0.600. The van der Waals surface area contributed by atoms with Crippen molar-refractivity contribution in [3.63, 3.8) is 0 Å². The highest BCUT2D eigenvalue weighted by Crippen LogP contribution is 1.83. The molecule has 0 saturated carbocycles. The smallest absolute Gasteiger partial charge is 0.222 e. The van der Waals surface area contributed by atoms with Crippen LogP contribution in [0.2, 0.25) is 0 Å². The number of carbonyl (C=O) groups is 1. The second kappa shape index (κ2) is 3.18. The lowest BCUT2D eigenvalue weighted by molar-refractivity contribution is -0.117. The molecule has 0 aliphatic rings. The Bertz CT molecular complexity index is 80.4. The highest BCUT2D eigenvalue weighted by atomic mass is 16.1. The Kier molecular flexibility index (Phi) is 2.84. The van der Waals surface area contributed by atoms with Crippen LogP contribution >= 0.6 is 0 Å². The molecule has 0 aromatic heterocycles. The van der Waals surface area contributed by atoms with Crippen LogP contribution in [0.4, 0.5) is 0 Å². The Morgan fingerprint density at radius 2 is 2.25 bits per heavy atom. The average molecular weight is 114 g/mol. The maximum absolute atomic E-state index is 9.85. The zero-order valence-corrected chi connectivity index (χ0v) is 4.92. The van der Waals surface area contributed by atoms with Gasteiger partial charge in [-0.3, -0.25) is 9.59 Å². The molecular formula is C5H8NO2. The summed E-state index contributed by atoms with van der Waals surface area (Å²) in [6.07, 6.45) is 2.25. The number of hydrogen-bond donors (Lipinski definition) is 0. The normalized spacial score (nSPS) is 12.2. The fourth-order valence-corrected chi connectivity index (χ4v) is 0.174. The lowest BCUT2D eigenvalue weighted by Crippen LogP contribution is -2.28. The van der Waals surface area contributed by atoms with Crippen molar-refractivity contribution >= 4 is 12.7 Å². The molecule has 0 N–H and O–H groups in total. The molecule has 1 unspecified atom stereocenters. The number of likely N-dealkylation sites (N-methyl/N-ethyl adjacent to an activating group) is 1. The molecule has 0 aliphatic carbocycles. The van der Waals surface area contributed by atoms with E-state index in [-0.39, 0.29) is 0 Å². The van der Waals surface area contributed by atoms with Gasteiger partial charge in [-0.15, -0.1) is 0 Å². The molecular weight excluding hydrogens is 106 g/mol. The topological polar surface area (TPSA) is 37.4 Å². The summed E-state index contributed by atoms with van der Waals surface area (Å²) >= 11 is 0. The summed E-state index contributed by atoms with van der Waals surface area (Å²) in [7, 11) is 1.53. The highest BCUT2D eigenvalue weighted by molar-refractivity contribution is 5.63. The van der Waals surface area contributed by atoms with Crippen LogP contribution in [-0.4, -0.2) is 30.7 Å². The minimum atomic E-state index is -0.424. The van der Waals surface area contributed by atoms with Crippen LogP contribution < -0.4 is 0 Å². The van der Waals surface area contributed by atoms with Crippen LogP contribution in [0, 0.1) is 0 Å². The van der Waals surface area contributed by atoms with Gasteiger partial charge in [-0.25, -0.2) is 0 Å². The summed E-state index contributed by atoms with van der Waals surface area (Å²) in [5.74, 6) is 0. The fourth-order valence-electron chi connectivity index (χ4n) is 0.174. The third-order valence-electron chi connectivity index (χ3n) is 0.948. The molecule has 0 bridgehead atoms. The lowest BCUT2D eigenvalue weighted by atomic mass is 10.4. The van der Waals surface area contributed by atoms with Gasteiger partial charge in [0.2, 0.25) is 12.7 Å². The number of rotatable bonds is 3. The first kappa shape index (κ1) is 7.14. The van der Waals surface area contributed by atoms with E-state index in [2.05, 4.69) is 0 Å². The van der Waals surface area contributed by atoms with E-state index >= 15 is 0 Å². The quantitative estimate of drug-likeness (QED) is 0.467. The van der Waals surface area contributed by atoms with Crippen molar-refractivity contribution in [3.8, 4) is 0 Å². The monoisotopic (exact) mass is 114 g/mol. The summed E-state index contributed by atoms with van der Waals surface area (Å²) in [4.78, 5) is 20.9. The Hall–Kier alpha value is -0.860. The number of amides is 1. The molecule has 0 aliphatic heterocycles. The van der Waals surface area contributed by atoms with Gasteiger partial charge in [-0.05, 0) is 6.92 Å². The van der Waals surface area contributed by atoms with Gasteiger partial charge in [0, 0.05) is 7.05 Å². The molecule has 1 amide bonds. The predicted octanol–water partition coefficient (Wildman–Crippen LogP) is -0.427. The van der Waals surface area contributed by atoms with E-state index in [0.717, 1.165) is 0 Å². The molecule has 0 aromatic rings. The van der Waals surface area contributed by atoms with Crippen molar-refractivity contribution in [2.75, 3.05) is 7.05 Å². The first-order valence-electron chi connectivity index (χ1n) is 2.27. The first-order valence-corrected chi connectivity index (χ1v) is 2.27. The standard InChI is InChI=1S/C5H8NO2/c1-5(3-7)6(2)4-8/h4-5H,1-2H3. The molecule has 1 radical (unpaired) electrons. The van der Waals surface area contributed by atoms with Gasteiger partial charge in [0.05, 0.1) is 6.04 Å². The second-order valence-corrected chi connectivity index (χ2v) is 1.56. The van der Waals surface area contributed by atoms with Crippen LogP contribution in [0.15, 0.2) is 0 Å². The van der Waals surface area contributed by atoms with Gasteiger partial charge < -0.3 is 4.90 Å². The van der Waals surface area contributed by atoms with Crippen LogP contribution in [0.5, 0.6) is 0 Å². The third kappa shape index (κ3) is 1.73. The van der Waals surface area contributed by atoms with Gasteiger partial charge >= 0.3 is 0 Å². The third-order valence-corrected chi connectivity index (χ3v) is 0.948. The summed E-state index contributed by atoms with van der Waals surface area (Å²) in [5.41, 5.74) is 0. The van der Waals surface area contributed by atoms with E-state index in [1.165, 1.54) is 11.9 Å². The maximum atomic E-state index is 9.85. The second-order valence-electron chi connectivity index (χ2n) is 1.56. The molecule has 0 heterocycles. The number of carbonyl (C=O) groups excluding carboxylic acids is 2. The molecule has 1 atom stereocenters. The van der Waals surface area contributed by atoms with Crippen LogP contribution in [0.3, 0.4) is 0 Å². The molecule has 3 heteroatoms. The van der Waals surface area contributed by atoms with Crippen molar-refractivity contribution in [2.45, 2.75) is 13.0 Å². The molecule has 8 heavy (non-hydrogen) atoms. The first-order chi connectivity index (χ1) is 3.72. The van der Waals surface area contributed by atoms with Gasteiger partial charge in [0.25, 0.3) is 0 Å². The summed E-state index contributed by atoms with van der Waals surface area (Å²) in [6.45, 7) is 1.60. The molecule has 0 spiro atoms. The number of hydrogen-bond acceptors (Lipinski definition) is 2. The average Bonchev–Trinajstić information content (AvgIpc) is 1.84. The van der Waals surface area contributed by atoms with Gasteiger partial charge in [-0.1, -0.05) is 0 Å². The highest BCUT2D eigenvalue weighted by Gasteiger charge is 2.02. The minimum Gasteiger partial charge on any atom is -0.338 e. The van der Waals surface area contributed by atoms with E-state index in [1.807, 2.05) is 0 Å². The molecule has 0 saturated heterocycles. The predicted molar refractivity (Wildman–Crippen MR) is 29.0 cm³/mol. The van der Waals surface area contributed by atoms with Gasteiger partial charge in [-0.2, -0.15) is 0 Å².